The van der Waals surface area contributed by atoms with Gasteiger partial charge in [0.2, 0.25) is 0 Å². The van der Waals surface area contributed by atoms with E-state index in [4.69, 9.17) is 0 Å². The monoisotopic (exact) mass is 351 g/mol. The van der Waals surface area contributed by atoms with Gasteiger partial charge in [-0.2, -0.15) is 5.26 Å². The average Bonchev–Trinajstić information content (AvgIpc) is 2.58. The molecule has 0 amide bonds. The summed E-state index contributed by atoms with van der Waals surface area (Å²) in [5, 5.41) is 9.48. The van der Waals surface area contributed by atoms with Crippen molar-refractivity contribution < 1.29 is 27.1 Å². The number of carbonyl (C=O) groups is 1. The Labute approximate surface area is 141 Å². The molecule has 0 aliphatic heterocycles. The number of methoxy groups -OCH3 is 1. The van der Waals surface area contributed by atoms with Crippen molar-refractivity contribution in [3.05, 3.63) is 70.8 Å². The van der Waals surface area contributed by atoms with E-state index in [-0.39, 0.29) is 5.56 Å². The molecular formula is C18H13F4NO2. The first-order valence-corrected chi connectivity index (χ1v) is 7.24. The second kappa shape index (κ2) is 7.79. The number of nitrogens with zero attached hydrogens (tertiary/aromatic N) is 1. The first-order chi connectivity index (χ1) is 11.9. The van der Waals surface area contributed by atoms with Crippen LogP contribution in [0.5, 0.6) is 0 Å². The number of hydrogen-bond donors (Lipinski definition) is 0. The summed E-state index contributed by atoms with van der Waals surface area (Å²) in [4.78, 5) is 11.7. The highest BCUT2D eigenvalue weighted by Gasteiger charge is 2.32. The highest BCUT2D eigenvalue weighted by molar-refractivity contribution is 5.71. The molecule has 2 atom stereocenters. The summed E-state index contributed by atoms with van der Waals surface area (Å²) in [6.45, 7) is 0. The molecule has 130 valence electrons. The van der Waals surface area contributed by atoms with E-state index in [1.54, 1.807) is 0 Å². The van der Waals surface area contributed by atoms with Gasteiger partial charge in [0.05, 0.1) is 25.5 Å². The van der Waals surface area contributed by atoms with Gasteiger partial charge in [-0.05, 0) is 29.8 Å². The average molecular weight is 351 g/mol. The zero-order valence-electron chi connectivity index (χ0n) is 13.1. The molecule has 3 nitrogen and oxygen atoms in total. The number of hydrogen-bond acceptors (Lipinski definition) is 3. The second-order valence-corrected chi connectivity index (χ2v) is 5.30. The zero-order valence-corrected chi connectivity index (χ0v) is 13.1. The highest BCUT2D eigenvalue weighted by atomic mass is 19.2. The molecule has 0 fully saturated rings. The molecule has 2 unspecified atom stereocenters. The second-order valence-electron chi connectivity index (χ2n) is 5.30. The van der Waals surface area contributed by atoms with E-state index in [0.29, 0.717) is 0 Å². The van der Waals surface area contributed by atoms with Crippen LogP contribution >= 0.6 is 0 Å². The maximum Gasteiger partial charge on any atom is 0.306 e. The first-order valence-electron chi connectivity index (χ1n) is 7.24. The van der Waals surface area contributed by atoms with Crippen molar-refractivity contribution in [1.82, 2.24) is 0 Å². The minimum absolute atomic E-state index is 0.00189. The topological polar surface area (TPSA) is 50.1 Å². The highest BCUT2D eigenvalue weighted by Crippen LogP contribution is 2.38. The van der Waals surface area contributed by atoms with Gasteiger partial charge in [-0.25, -0.2) is 17.6 Å². The zero-order chi connectivity index (χ0) is 18.6. The van der Waals surface area contributed by atoms with Crippen LogP contribution in [0.2, 0.25) is 0 Å². The molecule has 0 saturated heterocycles. The van der Waals surface area contributed by atoms with Gasteiger partial charge >= 0.3 is 5.97 Å². The van der Waals surface area contributed by atoms with Crippen LogP contribution < -0.4 is 0 Å². The van der Waals surface area contributed by atoms with Crippen molar-refractivity contribution in [1.29, 1.82) is 5.26 Å². The summed E-state index contributed by atoms with van der Waals surface area (Å²) in [5.41, 5.74) is -0.484. The quantitative estimate of drug-likeness (QED) is 0.599. The third-order valence-corrected chi connectivity index (χ3v) is 3.83. The minimum atomic E-state index is -1.29. The lowest BCUT2D eigenvalue weighted by molar-refractivity contribution is -0.141. The molecule has 0 N–H and O–H groups in total. The van der Waals surface area contributed by atoms with E-state index in [1.807, 2.05) is 6.07 Å². The molecule has 0 bridgehead atoms. The number of nitriles is 1. The van der Waals surface area contributed by atoms with Crippen molar-refractivity contribution in [2.45, 2.75) is 18.3 Å². The molecule has 0 aromatic heterocycles. The van der Waals surface area contributed by atoms with Crippen molar-refractivity contribution in [3.63, 3.8) is 0 Å². The molecule has 0 saturated carbocycles. The molecule has 0 aliphatic carbocycles. The predicted octanol–water partition coefficient (Wildman–Crippen LogP) is 4.20. The maximum atomic E-state index is 14.2. The molecule has 2 aromatic rings. The number of rotatable bonds is 5. The van der Waals surface area contributed by atoms with Gasteiger partial charge in [0.1, 0.15) is 11.6 Å². The summed E-state index contributed by atoms with van der Waals surface area (Å²) in [7, 11) is 1.09. The van der Waals surface area contributed by atoms with Gasteiger partial charge in [-0.1, -0.05) is 12.1 Å². The SMILES string of the molecule is COC(=O)CC(c1c(F)cccc1F)C(C#N)c1ccc(F)c(F)c1. The van der Waals surface area contributed by atoms with Gasteiger partial charge in [-0.15, -0.1) is 0 Å². The van der Waals surface area contributed by atoms with Gasteiger partial charge in [0.15, 0.2) is 11.6 Å². The fourth-order valence-corrected chi connectivity index (χ4v) is 2.62. The van der Waals surface area contributed by atoms with Gasteiger partial charge < -0.3 is 4.74 Å². The normalized spacial score (nSPS) is 13.0. The fourth-order valence-electron chi connectivity index (χ4n) is 2.62. The summed E-state index contributed by atoms with van der Waals surface area (Å²) in [5.74, 6) is -7.58. The molecule has 7 heteroatoms. The maximum absolute atomic E-state index is 14.2. The number of esters is 1. The van der Waals surface area contributed by atoms with E-state index in [9.17, 15) is 27.6 Å². The Balaban J connectivity index is 2.58. The summed E-state index contributed by atoms with van der Waals surface area (Å²) in [6.07, 6.45) is -0.508. The summed E-state index contributed by atoms with van der Waals surface area (Å²) < 4.78 is 59.5. The summed E-state index contributed by atoms with van der Waals surface area (Å²) in [6, 6.07) is 7.65. The van der Waals surface area contributed by atoms with Crippen molar-refractivity contribution in [2.24, 2.45) is 0 Å². The van der Waals surface area contributed by atoms with Gasteiger partial charge in [-0.3, -0.25) is 4.79 Å². The Morgan fingerprint density at radius 3 is 2.24 bits per heavy atom. The molecule has 2 rings (SSSR count). The largest absolute Gasteiger partial charge is 0.469 e. The molecule has 25 heavy (non-hydrogen) atoms. The third-order valence-electron chi connectivity index (χ3n) is 3.83. The van der Waals surface area contributed by atoms with Crippen LogP contribution in [0.1, 0.15) is 29.4 Å². The Hall–Kier alpha value is -2.88. The number of carbonyl (C=O) groups excluding carboxylic acids is 1. The Kier molecular flexibility index (Phi) is 5.75. The molecular weight excluding hydrogens is 338 g/mol. The summed E-state index contributed by atoms with van der Waals surface area (Å²) >= 11 is 0. The number of ether oxygens (including phenoxy) is 1. The smallest absolute Gasteiger partial charge is 0.306 e. The van der Waals surface area contributed by atoms with Crippen LogP contribution in [0.4, 0.5) is 17.6 Å². The van der Waals surface area contributed by atoms with Crippen molar-refractivity contribution in [3.8, 4) is 6.07 Å². The van der Waals surface area contributed by atoms with E-state index >= 15 is 0 Å². The number of benzene rings is 2. The molecule has 0 spiro atoms. The van der Waals surface area contributed by atoms with Crippen LogP contribution in [-0.2, 0) is 9.53 Å². The molecule has 0 aliphatic rings. The van der Waals surface area contributed by atoms with Crippen molar-refractivity contribution in [2.75, 3.05) is 7.11 Å². The fraction of sp³-hybridized carbons (Fsp3) is 0.222. The lowest BCUT2D eigenvalue weighted by Gasteiger charge is -2.23. The van der Waals surface area contributed by atoms with Crippen LogP contribution in [0.3, 0.4) is 0 Å². The Morgan fingerprint density at radius 2 is 1.72 bits per heavy atom. The number of halogens is 4. The van der Waals surface area contributed by atoms with Crippen molar-refractivity contribution >= 4 is 5.97 Å². The molecule has 0 radical (unpaired) electrons. The lowest BCUT2D eigenvalue weighted by Crippen LogP contribution is -2.18. The Morgan fingerprint density at radius 1 is 1.08 bits per heavy atom. The van der Waals surface area contributed by atoms with E-state index < -0.39 is 53.1 Å². The van der Waals surface area contributed by atoms with Gasteiger partial charge in [0.25, 0.3) is 0 Å². The Bertz CT molecular complexity index is 812. The first kappa shape index (κ1) is 18.5. The van der Waals surface area contributed by atoms with Crippen LogP contribution in [0, 0.1) is 34.6 Å². The standard InChI is InChI=1S/C18H13F4NO2/c1-25-17(24)8-11(18-14(20)3-2-4-15(18)21)12(9-23)10-5-6-13(19)16(22)7-10/h2-7,11-12H,8H2,1H3. The van der Waals surface area contributed by atoms with E-state index in [0.717, 1.165) is 43.5 Å². The minimum Gasteiger partial charge on any atom is -0.469 e. The van der Waals surface area contributed by atoms with Gasteiger partial charge in [0, 0.05) is 11.5 Å². The lowest BCUT2D eigenvalue weighted by atomic mass is 9.79. The van der Waals surface area contributed by atoms with Crippen LogP contribution in [0.15, 0.2) is 36.4 Å². The van der Waals surface area contributed by atoms with Crippen LogP contribution in [0.25, 0.3) is 0 Å². The van der Waals surface area contributed by atoms with E-state index in [1.165, 1.54) is 0 Å². The van der Waals surface area contributed by atoms with Crippen LogP contribution in [-0.4, -0.2) is 13.1 Å². The van der Waals surface area contributed by atoms with E-state index in [2.05, 4.69) is 4.74 Å². The predicted molar refractivity (Wildman–Crippen MR) is 80.4 cm³/mol. The molecule has 0 heterocycles. The third kappa shape index (κ3) is 3.97. The molecule has 2 aromatic carbocycles.